The Morgan fingerprint density at radius 1 is 1.62 bits per heavy atom. The third kappa shape index (κ3) is 0.858. The van der Waals surface area contributed by atoms with Gasteiger partial charge in [-0.2, -0.15) is 0 Å². The lowest BCUT2D eigenvalue weighted by molar-refractivity contribution is -0.243. The molecule has 48 valence electrons. The van der Waals surface area contributed by atoms with Crippen LogP contribution in [0.1, 0.15) is 13.8 Å². The molecule has 1 saturated heterocycles. The summed E-state index contributed by atoms with van der Waals surface area (Å²) >= 11 is 0. The van der Waals surface area contributed by atoms with E-state index >= 15 is 0 Å². The zero-order chi connectivity index (χ0) is 6.15. The number of ether oxygens (including phenoxy) is 1. The van der Waals surface area contributed by atoms with E-state index in [0.29, 0.717) is 11.8 Å². The third-order valence-electron chi connectivity index (χ3n) is 1.68. The molecule has 0 saturated carbocycles. The standard InChI is InChI=1S/C6H12O2/c1-4(2)5-3-8-6(5)7/h4-7H,3H2,1-2H3. The highest BCUT2D eigenvalue weighted by Gasteiger charge is 2.32. The van der Waals surface area contributed by atoms with Crippen LogP contribution in [-0.2, 0) is 4.74 Å². The fraction of sp³-hybridized carbons (Fsp3) is 1.00. The zero-order valence-corrected chi connectivity index (χ0v) is 5.29. The van der Waals surface area contributed by atoms with Crippen molar-refractivity contribution in [2.24, 2.45) is 11.8 Å². The lowest BCUT2D eigenvalue weighted by Gasteiger charge is -2.35. The van der Waals surface area contributed by atoms with Crippen LogP contribution < -0.4 is 0 Å². The number of aliphatic hydroxyl groups excluding tert-OH is 1. The Morgan fingerprint density at radius 2 is 2.25 bits per heavy atom. The Labute approximate surface area is 49.5 Å². The fourth-order valence-electron chi connectivity index (χ4n) is 0.815. The molecule has 2 atom stereocenters. The average Bonchev–Trinajstić information content (AvgIpc) is 1.61. The highest BCUT2D eigenvalue weighted by molar-refractivity contribution is 4.72. The Kier molecular flexibility index (Phi) is 1.54. The Hall–Kier alpha value is -0.0800. The summed E-state index contributed by atoms with van der Waals surface area (Å²) in [5, 5.41) is 8.86. The summed E-state index contributed by atoms with van der Waals surface area (Å²) in [4.78, 5) is 0. The van der Waals surface area contributed by atoms with Crippen LogP contribution in [0.5, 0.6) is 0 Å². The van der Waals surface area contributed by atoms with Crippen molar-refractivity contribution in [3.05, 3.63) is 0 Å². The molecule has 0 amide bonds. The Morgan fingerprint density at radius 3 is 2.25 bits per heavy atom. The van der Waals surface area contributed by atoms with Gasteiger partial charge in [-0.25, -0.2) is 0 Å². The predicted molar refractivity (Wildman–Crippen MR) is 30.3 cm³/mol. The van der Waals surface area contributed by atoms with Gasteiger partial charge in [-0.1, -0.05) is 13.8 Å². The molecule has 2 nitrogen and oxygen atoms in total. The molecule has 1 aliphatic heterocycles. The van der Waals surface area contributed by atoms with E-state index in [1.165, 1.54) is 0 Å². The summed E-state index contributed by atoms with van der Waals surface area (Å²) in [7, 11) is 0. The van der Waals surface area contributed by atoms with Gasteiger partial charge in [0, 0.05) is 5.92 Å². The van der Waals surface area contributed by atoms with Gasteiger partial charge >= 0.3 is 0 Å². The first-order chi connectivity index (χ1) is 3.72. The van der Waals surface area contributed by atoms with E-state index in [9.17, 15) is 0 Å². The number of aliphatic hydroxyl groups is 1. The minimum atomic E-state index is -0.477. The first-order valence-electron chi connectivity index (χ1n) is 3.01. The van der Waals surface area contributed by atoms with Gasteiger partial charge < -0.3 is 9.84 Å². The summed E-state index contributed by atoms with van der Waals surface area (Å²) in [6, 6.07) is 0. The van der Waals surface area contributed by atoms with Crippen molar-refractivity contribution < 1.29 is 9.84 Å². The Bertz CT molecular complexity index is 75.8. The normalized spacial score (nSPS) is 37.5. The van der Waals surface area contributed by atoms with Gasteiger partial charge in [0.1, 0.15) is 0 Å². The average molecular weight is 116 g/mol. The second-order valence-electron chi connectivity index (χ2n) is 2.63. The SMILES string of the molecule is CC(C)C1COC1O. The molecular formula is C6H12O2. The van der Waals surface area contributed by atoms with Crippen molar-refractivity contribution in [1.29, 1.82) is 0 Å². The van der Waals surface area contributed by atoms with Gasteiger partial charge in [0.2, 0.25) is 0 Å². The molecule has 1 heterocycles. The molecule has 0 aromatic rings. The largest absolute Gasteiger partial charge is 0.368 e. The van der Waals surface area contributed by atoms with Crippen molar-refractivity contribution in [3.8, 4) is 0 Å². The van der Waals surface area contributed by atoms with Crippen LogP contribution in [0, 0.1) is 11.8 Å². The van der Waals surface area contributed by atoms with Crippen LogP contribution in [0.2, 0.25) is 0 Å². The quantitative estimate of drug-likeness (QED) is 0.543. The maximum atomic E-state index is 8.86. The minimum Gasteiger partial charge on any atom is -0.368 e. The van der Waals surface area contributed by atoms with E-state index in [1.807, 2.05) is 0 Å². The fourth-order valence-corrected chi connectivity index (χ4v) is 0.815. The molecule has 0 aromatic heterocycles. The summed E-state index contributed by atoms with van der Waals surface area (Å²) < 4.78 is 4.76. The number of hydrogen-bond acceptors (Lipinski definition) is 2. The highest BCUT2D eigenvalue weighted by atomic mass is 16.6. The van der Waals surface area contributed by atoms with E-state index < -0.39 is 6.29 Å². The zero-order valence-electron chi connectivity index (χ0n) is 5.29. The topological polar surface area (TPSA) is 29.5 Å². The van der Waals surface area contributed by atoms with Crippen LogP contribution in [-0.4, -0.2) is 18.0 Å². The molecule has 0 aliphatic carbocycles. The third-order valence-corrected chi connectivity index (χ3v) is 1.68. The summed E-state index contributed by atoms with van der Waals surface area (Å²) in [6.45, 7) is 4.92. The molecule has 2 heteroatoms. The van der Waals surface area contributed by atoms with Crippen molar-refractivity contribution in [3.63, 3.8) is 0 Å². The van der Waals surface area contributed by atoms with Crippen molar-refractivity contribution in [1.82, 2.24) is 0 Å². The first kappa shape index (κ1) is 6.05. The van der Waals surface area contributed by atoms with Crippen LogP contribution in [0.3, 0.4) is 0 Å². The van der Waals surface area contributed by atoms with Gasteiger partial charge in [0.15, 0.2) is 6.29 Å². The van der Waals surface area contributed by atoms with Gasteiger partial charge in [0.05, 0.1) is 6.61 Å². The molecule has 1 fully saturated rings. The van der Waals surface area contributed by atoms with Crippen molar-refractivity contribution >= 4 is 0 Å². The molecule has 2 unspecified atom stereocenters. The van der Waals surface area contributed by atoms with Crippen LogP contribution in [0.4, 0.5) is 0 Å². The van der Waals surface area contributed by atoms with Crippen molar-refractivity contribution in [2.75, 3.05) is 6.61 Å². The summed E-state index contributed by atoms with van der Waals surface area (Å²) in [6.07, 6.45) is -0.477. The van der Waals surface area contributed by atoms with E-state index in [2.05, 4.69) is 13.8 Å². The first-order valence-corrected chi connectivity index (χ1v) is 3.01. The lowest BCUT2D eigenvalue weighted by Crippen LogP contribution is -2.42. The molecule has 1 rings (SSSR count). The smallest absolute Gasteiger partial charge is 0.159 e. The second-order valence-corrected chi connectivity index (χ2v) is 2.63. The van der Waals surface area contributed by atoms with E-state index in [4.69, 9.17) is 9.84 Å². The molecular weight excluding hydrogens is 104 g/mol. The molecule has 8 heavy (non-hydrogen) atoms. The molecule has 0 radical (unpaired) electrons. The summed E-state index contributed by atoms with van der Waals surface area (Å²) in [5.41, 5.74) is 0. The van der Waals surface area contributed by atoms with Crippen LogP contribution >= 0.6 is 0 Å². The second kappa shape index (κ2) is 2.03. The van der Waals surface area contributed by atoms with Gasteiger partial charge in [-0.3, -0.25) is 0 Å². The van der Waals surface area contributed by atoms with Crippen LogP contribution in [0.25, 0.3) is 0 Å². The summed E-state index contributed by atoms with van der Waals surface area (Å²) in [5.74, 6) is 0.939. The monoisotopic (exact) mass is 116 g/mol. The van der Waals surface area contributed by atoms with Gasteiger partial charge in [0.25, 0.3) is 0 Å². The van der Waals surface area contributed by atoms with E-state index in [-0.39, 0.29) is 0 Å². The molecule has 0 bridgehead atoms. The van der Waals surface area contributed by atoms with Gasteiger partial charge in [-0.15, -0.1) is 0 Å². The van der Waals surface area contributed by atoms with Gasteiger partial charge in [-0.05, 0) is 5.92 Å². The molecule has 1 aliphatic rings. The lowest BCUT2D eigenvalue weighted by atomic mass is 9.93. The number of rotatable bonds is 1. The highest BCUT2D eigenvalue weighted by Crippen LogP contribution is 2.25. The maximum Gasteiger partial charge on any atom is 0.159 e. The molecule has 0 spiro atoms. The Balaban J connectivity index is 2.26. The minimum absolute atomic E-state index is 0.384. The maximum absolute atomic E-state index is 8.86. The van der Waals surface area contributed by atoms with Crippen LogP contribution in [0.15, 0.2) is 0 Å². The van der Waals surface area contributed by atoms with E-state index in [1.54, 1.807) is 0 Å². The van der Waals surface area contributed by atoms with Crippen molar-refractivity contribution in [2.45, 2.75) is 20.1 Å². The predicted octanol–water partition coefficient (Wildman–Crippen LogP) is 0.607. The molecule has 0 aromatic carbocycles. The van der Waals surface area contributed by atoms with E-state index in [0.717, 1.165) is 6.61 Å². The molecule has 1 N–H and O–H groups in total. The number of hydrogen-bond donors (Lipinski definition) is 1.